The maximum Gasteiger partial charge on any atom is 0.250 e. The van der Waals surface area contributed by atoms with Crippen molar-refractivity contribution < 1.29 is 4.79 Å². The normalized spacial score (nSPS) is 22.7. The molecule has 0 aliphatic heterocycles. The number of allylic oxidation sites excluding steroid dienone is 2. The monoisotopic (exact) mass is 151 g/mol. The smallest absolute Gasteiger partial charge is 0.250 e. The number of likely N-dealkylation sites (N-methyl/N-ethyl adjacent to an activating group) is 1. The molecule has 2 nitrogen and oxygen atoms in total. The maximum atomic E-state index is 11.0. The second kappa shape index (κ2) is 3.37. The Morgan fingerprint density at radius 1 is 1.73 bits per heavy atom. The van der Waals surface area contributed by atoms with Crippen molar-refractivity contribution in [3.63, 3.8) is 0 Å². The van der Waals surface area contributed by atoms with Crippen molar-refractivity contribution in [2.45, 2.75) is 13.3 Å². The molecule has 0 aromatic heterocycles. The van der Waals surface area contributed by atoms with Crippen LogP contribution in [0.5, 0.6) is 0 Å². The average molecular weight is 151 g/mol. The highest BCUT2D eigenvalue weighted by molar-refractivity contribution is 5.96. The fraction of sp³-hybridized carbons (Fsp3) is 0.444. The van der Waals surface area contributed by atoms with Crippen LogP contribution in [0.3, 0.4) is 0 Å². The van der Waals surface area contributed by atoms with E-state index in [1.807, 2.05) is 12.2 Å². The lowest BCUT2D eigenvalue weighted by Gasteiger charge is -2.09. The van der Waals surface area contributed by atoms with Crippen LogP contribution in [0.25, 0.3) is 0 Å². The Labute approximate surface area is 67.0 Å². The van der Waals surface area contributed by atoms with E-state index in [1.54, 1.807) is 7.05 Å². The maximum absolute atomic E-state index is 11.0. The quantitative estimate of drug-likeness (QED) is 0.600. The first kappa shape index (κ1) is 8.05. The van der Waals surface area contributed by atoms with Crippen LogP contribution >= 0.6 is 0 Å². The zero-order valence-corrected chi connectivity index (χ0v) is 6.92. The molecule has 0 radical (unpaired) electrons. The summed E-state index contributed by atoms with van der Waals surface area (Å²) in [5, 5.41) is 2.59. The molecular weight excluding hydrogens is 138 g/mol. The van der Waals surface area contributed by atoms with Crippen LogP contribution in [0.15, 0.2) is 23.8 Å². The van der Waals surface area contributed by atoms with Crippen molar-refractivity contribution >= 4 is 5.91 Å². The van der Waals surface area contributed by atoms with E-state index in [-0.39, 0.29) is 5.91 Å². The first-order valence-corrected chi connectivity index (χ1v) is 3.84. The predicted octanol–water partition coefficient (Wildman–Crippen LogP) is 1.25. The van der Waals surface area contributed by atoms with Crippen molar-refractivity contribution in [2.24, 2.45) is 5.92 Å². The minimum absolute atomic E-state index is 0.00755. The Morgan fingerprint density at radius 2 is 2.45 bits per heavy atom. The first-order chi connectivity index (χ1) is 5.24. The second-order valence-corrected chi connectivity index (χ2v) is 2.81. The van der Waals surface area contributed by atoms with Crippen LogP contribution < -0.4 is 5.32 Å². The fourth-order valence-corrected chi connectivity index (χ4v) is 1.04. The molecule has 0 heterocycles. The Morgan fingerprint density at radius 3 is 2.91 bits per heavy atom. The summed E-state index contributed by atoms with van der Waals surface area (Å²) < 4.78 is 0. The molecule has 0 saturated carbocycles. The molecule has 0 bridgehead atoms. The largest absolute Gasteiger partial charge is 0.355 e. The van der Waals surface area contributed by atoms with E-state index in [9.17, 15) is 4.79 Å². The van der Waals surface area contributed by atoms with E-state index in [2.05, 4.69) is 18.3 Å². The number of rotatable bonds is 1. The first-order valence-electron chi connectivity index (χ1n) is 3.84. The standard InChI is InChI=1S/C9H13NO/c1-7-3-5-8(6-4-7)9(11)10-2/h3,5-7H,4H2,1-2H3,(H,10,11)/t7-/m1/s1. The minimum Gasteiger partial charge on any atom is -0.355 e. The molecule has 0 aromatic rings. The number of nitrogens with one attached hydrogen (secondary N) is 1. The summed E-state index contributed by atoms with van der Waals surface area (Å²) in [6.07, 6.45) is 6.89. The molecule has 0 aromatic carbocycles. The zero-order chi connectivity index (χ0) is 8.27. The Hall–Kier alpha value is -1.05. The third kappa shape index (κ3) is 1.93. The second-order valence-electron chi connectivity index (χ2n) is 2.81. The topological polar surface area (TPSA) is 29.1 Å². The number of carbonyl (C=O) groups is 1. The van der Waals surface area contributed by atoms with Gasteiger partial charge in [0.25, 0.3) is 5.91 Å². The number of hydrogen-bond donors (Lipinski definition) is 1. The van der Waals surface area contributed by atoms with Crippen molar-refractivity contribution in [3.8, 4) is 0 Å². The van der Waals surface area contributed by atoms with Crippen LogP contribution in [0.1, 0.15) is 13.3 Å². The molecule has 1 N–H and O–H groups in total. The summed E-state index contributed by atoms with van der Waals surface area (Å²) in [5.74, 6) is 0.580. The van der Waals surface area contributed by atoms with Gasteiger partial charge in [0.05, 0.1) is 0 Å². The zero-order valence-electron chi connectivity index (χ0n) is 6.92. The lowest BCUT2D eigenvalue weighted by molar-refractivity contribution is -0.116. The van der Waals surface area contributed by atoms with Gasteiger partial charge in [0.15, 0.2) is 0 Å². The summed E-state index contributed by atoms with van der Waals surface area (Å²) in [4.78, 5) is 11.0. The average Bonchev–Trinajstić information content (AvgIpc) is 2.05. The van der Waals surface area contributed by atoms with Gasteiger partial charge < -0.3 is 5.32 Å². The summed E-state index contributed by atoms with van der Waals surface area (Å²) in [5.41, 5.74) is 0.783. The molecule has 1 aliphatic rings. The SMILES string of the molecule is CNC(=O)C1=CC[C@H](C)C=C1. The lowest BCUT2D eigenvalue weighted by atomic mass is 9.98. The van der Waals surface area contributed by atoms with Gasteiger partial charge in [-0.05, 0) is 12.3 Å². The van der Waals surface area contributed by atoms with Gasteiger partial charge in [-0.3, -0.25) is 4.79 Å². The summed E-state index contributed by atoms with van der Waals surface area (Å²) in [6.45, 7) is 2.13. The molecule has 1 aliphatic carbocycles. The van der Waals surface area contributed by atoms with E-state index in [4.69, 9.17) is 0 Å². The highest BCUT2D eigenvalue weighted by Gasteiger charge is 2.08. The van der Waals surface area contributed by atoms with Crippen molar-refractivity contribution in [2.75, 3.05) is 7.05 Å². The van der Waals surface area contributed by atoms with E-state index in [0.29, 0.717) is 5.92 Å². The third-order valence-corrected chi connectivity index (χ3v) is 1.80. The van der Waals surface area contributed by atoms with Gasteiger partial charge in [0.2, 0.25) is 0 Å². The molecule has 1 atom stereocenters. The molecule has 0 fully saturated rings. The van der Waals surface area contributed by atoms with E-state index >= 15 is 0 Å². The van der Waals surface area contributed by atoms with Crippen LogP contribution in [0.2, 0.25) is 0 Å². The van der Waals surface area contributed by atoms with Gasteiger partial charge in [-0.25, -0.2) is 0 Å². The number of carbonyl (C=O) groups excluding carboxylic acids is 1. The molecule has 2 heteroatoms. The fourth-order valence-electron chi connectivity index (χ4n) is 1.04. The molecule has 1 rings (SSSR count). The highest BCUT2D eigenvalue weighted by atomic mass is 16.1. The van der Waals surface area contributed by atoms with Gasteiger partial charge in [-0.2, -0.15) is 0 Å². The molecule has 0 unspecified atom stereocenters. The van der Waals surface area contributed by atoms with Crippen LogP contribution in [0.4, 0.5) is 0 Å². The van der Waals surface area contributed by atoms with Gasteiger partial charge in [-0.15, -0.1) is 0 Å². The van der Waals surface area contributed by atoms with E-state index < -0.39 is 0 Å². The van der Waals surface area contributed by atoms with Crippen LogP contribution in [-0.4, -0.2) is 13.0 Å². The summed E-state index contributed by atoms with van der Waals surface area (Å²) >= 11 is 0. The van der Waals surface area contributed by atoms with Crippen molar-refractivity contribution in [1.29, 1.82) is 0 Å². The van der Waals surface area contributed by atoms with Gasteiger partial charge in [-0.1, -0.05) is 25.2 Å². The minimum atomic E-state index is 0.00755. The van der Waals surface area contributed by atoms with Gasteiger partial charge in [0, 0.05) is 12.6 Å². The number of amides is 1. The molecule has 11 heavy (non-hydrogen) atoms. The predicted molar refractivity (Wildman–Crippen MR) is 45.1 cm³/mol. The van der Waals surface area contributed by atoms with Crippen LogP contribution in [-0.2, 0) is 4.79 Å². The van der Waals surface area contributed by atoms with Gasteiger partial charge in [0.1, 0.15) is 0 Å². The molecule has 60 valence electrons. The molecular formula is C9H13NO. The Bertz CT molecular complexity index is 216. The third-order valence-electron chi connectivity index (χ3n) is 1.80. The molecule has 1 amide bonds. The lowest BCUT2D eigenvalue weighted by Crippen LogP contribution is -2.20. The summed E-state index contributed by atoms with van der Waals surface area (Å²) in [7, 11) is 1.65. The van der Waals surface area contributed by atoms with Crippen molar-refractivity contribution in [3.05, 3.63) is 23.8 Å². The Kier molecular flexibility index (Phi) is 2.47. The Balaban J connectivity index is 2.63. The molecule has 0 saturated heterocycles. The van der Waals surface area contributed by atoms with Gasteiger partial charge >= 0.3 is 0 Å². The molecule has 0 spiro atoms. The van der Waals surface area contributed by atoms with E-state index in [1.165, 1.54) is 0 Å². The summed E-state index contributed by atoms with van der Waals surface area (Å²) in [6, 6.07) is 0. The van der Waals surface area contributed by atoms with Crippen molar-refractivity contribution in [1.82, 2.24) is 5.32 Å². The highest BCUT2D eigenvalue weighted by Crippen LogP contribution is 2.14. The van der Waals surface area contributed by atoms with Crippen LogP contribution in [0, 0.1) is 5.92 Å². The van der Waals surface area contributed by atoms with E-state index in [0.717, 1.165) is 12.0 Å². The number of hydrogen-bond acceptors (Lipinski definition) is 1.